The van der Waals surface area contributed by atoms with Crippen LogP contribution in [0.2, 0.25) is 0 Å². The van der Waals surface area contributed by atoms with Crippen LogP contribution in [0.25, 0.3) is 6.08 Å². The second kappa shape index (κ2) is 3.07. The monoisotopic (exact) mass is 222 g/mol. The third kappa shape index (κ3) is 1.27. The molecule has 1 aliphatic rings. The molecule has 0 amide bonds. The Morgan fingerprint density at radius 1 is 1.40 bits per heavy atom. The van der Waals surface area contributed by atoms with Gasteiger partial charge >= 0.3 is 0 Å². The van der Waals surface area contributed by atoms with Crippen molar-refractivity contribution in [1.82, 2.24) is 4.98 Å². The molecule has 0 spiro atoms. The molecule has 0 aliphatic carbocycles. The molecule has 5 heteroatoms. The second-order valence-electron chi connectivity index (χ2n) is 3.43. The summed E-state index contributed by atoms with van der Waals surface area (Å²) in [4.78, 5) is 4.46. The zero-order valence-corrected chi connectivity index (χ0v) is 9.17. The maximum atomic E-state index is 9.83. The highest BCUT2D eigenvalue weighted by Gasteiger charge is 2.30. The highest BCUT2D eigenvalue weighted by atomic mass is 32.3. The lowest BCUT2D eigenvalue weighted by Crippen LogP contribution is -2.00. The van der Waals surface area contributed by atoms with Crippen LogP contribution >= 0.6 is 10.6 Å². The van der Waals surface area contributed by atoms with Gasteiger partial charge in [0.2, 0.25) is 0 Å². The van der Waals surface area contributed by atoms with E-state index in [2.05, 4.69) is 4.98 Å². The highest BCUT2D eigenvalue weighted by Crippen LogP contribution is 2.60. The van der Waals surface area contributed by atoms with Gasteiger partial charge in [-0.25, -0.2) is 4.98 Å². The molecule has 4 nitrogen and oxygen atoms in total. The smallest absolute Gasteiger partial charge is 0.159 e. The van der Waals surface area contributed by atoms with Crippen molar-refractivity contribution in [1.29, 1.82) is 5.26 Å². The Morgan fingerprint density at radius 2 is 2.07 bits per heavy atom. The van der Waals surface area contributed by atoms with Crippen molar-refractivity contribution in [2.45, 2.75) is 18.9 Å². The van der Waals surface area contributed by atoms with Crippen molar-refractivity contribution in [3.63, 3.8) is 0 Å². The third-order valence-electron chi connectivity index (χ3n) is 2.54. The van der Waals surface area contributed by atoms with Gasteiger partial charge in [0.05, 0.1) is 5.56 Å². The molecule has 2 N–H and O–H groups in total. The molecule has 0 radical (unpaired) electrons. The summed E-state index contributed by atoms with van der Waals surface area (Å²) in [6.07, 6.45) is 3.07. The van der Waals surface area contributed by atoms with Crippen LogP contribution in [0.1, 0.15) is 23.6 Å². The van der Waals surface area contributed by atoms with Gasteiger partial charge in [-0.05, 0) is 25.5 Å². The van der Waals surface area contributed by atoms with Gasteiger partial charge in [-0.3, -0.25) is 9.11 Å². The molecule has 0 saturated heterocycles. The van der Waals surface area contributed by atoms with Crippen molar-refractivity contribution in [3.8, 4) is 6.07 Å². The van der Waals surface area contributed by atoms with Crippen molar-refractivity contribution in [2.24, 2.45) is 0 Å². The topological polar surface area (TPSA) is 77.1 Å². The van der Waals surface area contributed by atoms with Crippen LogP contribution in [0.4, 0.5) is 0 Å². The van der Waals surface area contributed by atoms with Gasteiger partial charge in [0.15, 0.2) is 5.03 Å². The Morgan fingerprint density at radius 3 is 2.67 bits per heavy atom. The average Bonchev–Trinajstić information content (AvgIpc) is 2.41. The lowest BCUT2D eigenvalue weighted by Gasteiger charge is -2.28. The second-order valence-corrected chi connectivity index (χ2v) is 5.56. The number of pyridine rings is 1. The average molecular weight is 222 g/mol. The fraction of sp³-hybridized carbons (Fsp3) is 0.200. The highest BCUT2D eigenvalue weighted by molar-refractivity contribution is 8.27. The SMILES string of the molecule is CC1=Cc2c(ncc(C#N)c2C)S1(O)O. The summed E-state index contributed by atoms with van der Waals surface area (Å²) in [6.45, 7) is 3.44. The maximum absolute atomic E-state index is 9.83. The molecule has 0 fully saturated rings. The van der Waals surface area contributed by atoms with E-state index in [0.29, 0.717) is 16.0 Å². The van der Waals surface area contributed by atoms with Crippen LogP contribution in [0, 0.1) is 18.3 Å². The molecule has 1 aromatic heterocycles. The van der Waals surface area contributed by atoms with Gasteiger partial charge in [0, 0.05) is 16.7 Å². The van der Waals surface area contributed by atoms with Crippen LogP contribution in [-0.4, -0.2) is 14.1 Å². The fourth-order valence-corrected chi connectivity index (χ4v) is 2.85. The van der Waals surface area contributed by atoms with Crippen LogP contribution in [0.3, 0.4) is 0 Å². The Bertz CT molecular complexity index is 515. The number of fused-ring (bicyclic) bond motifs is 1. The summed E-state index contributed by atoms with van der Waals surface area (Å²) in [7, 11) is -2.89. The number of aromatic nitrogens is 1. The minimum absolute atomic E-state index is 0.288. The van der Waals surface area contributed by atoms with Gasteiger partial charge in [-0.1, -0.05) is 0 Å². The van der Waals surface area contributed by atoms with Gasteiger partial charge in [0.25, 0.3) is 0 Å². The van der Waals surface area contributed by atoms with E-state index in [4.69, 9.17) is 5.26 Å². The van der Waals surface area contributed by atoms with Crippen molar-refractivity contribution < 1.29 is 9.11 Å². The predicted molar refractivity (Wildman–Crippen MR) is 58.5 cm³/mol. The van der Waals surface area contributed by atoms with Crippen molar-refractivity contribution in [2.75, 3.05) is 0 Å². The number of nitrogens with zero attached hydrogens (tertiary/aromatic N) is 2. The number of rotatable bonds is 0. The normalized spacial score (nSPS) is 19.0. The van der Waals surface area contributed by atoms with E-state index in [1.165, 1.54) is 6.20 Å². The fourth-order valence-electron chi connectivity index (χ4n) is 1.54. The third-order valence-corrected chi connectivity index (χ3v) is 4.42. The molecule has 0 unspecified atom stereocenters. The van der Waals surface area contributed by atoms with E-state index < -0.39 is 10.6 Å². The van der Waals surface area contributed by atoms with Crippen LogP contribution in [0.15, 0.2) is 16.1 Å². The molecule has 1 aromatic rings. The molecule has 2 heterocycles. The molecule has 15 heavy (non-hydrogen) atoms. The van der Waals surface area contributed by atoms with Gasteiger partial charge in [-0.2, -0.15) is 5.26 Å². The first-order valence-electron chi connectivity index (χ1n) is 4.34. The van der Waals surface area contributed by atoms with Crippen LogP contribution < -0.4 is 0 Å². The van der Waals surface area contributed by atoms with E-state index in [1.54, 1.807) is 19.9 Å². The number of nitriles is 1. The van der Waals surface area contributed by atoms with Gasteiger partial charge < -0.3 is 0 Å². The quantitative estimate of drug-likeness (QED) is 0.707. The maximum Gasteiger partial charge on any atom is 0.159 e. The summed E-state index contributed by atoms with van der Waals surface area (Å²) in [5, 5.41) is 9.11. The van der Waals surface area contributed by atoms with E-state index in [0.717, 1.165) is 5.56 Å². The summed E-state index contributed by atoms with van der Waals surface area (Å²) < 4.78 is 19.7. The summed E-state index contributed by atoms with van der Waals surface area (Å²) >= 11 is 0. The zero-order chi connectivity index (χ0) is 11.2. The lowest BCUT2D eigenvalue weighted by molar-refractivity contribution is 0.493. The van der Waals surface area contributed by atoms with Crippen molar-refractivity contribution >= 4 is 16.7 Å². The molecule has 0 bridgehead atoms. The zero-order valence-electron chi connectivity index (χ0n) is 8.35. The Hall–Kier alpha value is -1.35. The number of hydrogen-bond acceptors (Lipinski definition) is 4. The van der Waals surface area contributed by atoms with Crippen LogP contribution in [-0.2, 0) is 0 Å². The molecule has 78 valence electrons. The summed E-state index contributed by atoms with van der Waals surface area (Å²) in [5.74, 6) is 0. The molecular weight excluding hydrogens is 212 g/mol. The molecule has 0 atom stereocenters. The molecule has 0 aromatic carbocycles. The van der Waals surface area contributed by atoms with E-state index in [9.17, 15) is 9.11 Å². The van der Waals surface area contributed by atoms with E-state index in [1.807, 2.05) is 6.07 Å². The lowest BCUT2D eigenvalue weighted by atomic mass is 10.1. The van der Waals surface area contributed by atoms with Gasteiger partial charge in [0.1, 0.15) is 6.07 Å². The minimum atomic E-state index is -2.89. The predicted octanol–water partition coefficient (Wildman–Crippen LogP) is 2.75. The van der Waals surface area contributed by atoms with E-state index in [-0.39, 0.29) is 5.03 Å². The van der Waals surface area contributed by atoms with E-state index >= 15 is 0 Å². The summed E-state index contributed by atoms with van der Waals surface area (Å²) in [5.41, 5.74) is 1.89. The summed E-state index contributed by atoms with van der Waals surface area (Å²) in [6, 6.07) is 2.02. The Kier molecular flexibility index (Phi) is 2.08. The Labute approximate surface area is 89.2 Å². The minimum Gasteiger partial charge on any atom is -0.289 e. The first-order valence-corrected chi connectivity index (χ1v) is 5.89. The number of allylic oxidation sites excluding steroid dienone is 1. The Balaban J connectivity index is 2.75. The molecule has 1 aliphatic heterocycles. The first-order chi connectivity index (χ1) is 6.98. The molecular formula is C10H10N2O2S. The molecule has 2 rings (SSSR count). The van der Waals surface area contributed by atoms with Gasteiger partial charge in [-0.15, -0.1) is 10.6 Å². The first kappa shape index (κ1) is 10.2. The van der Waals surface area contributed by atoms with Crippen molar-refractivity contribution in [3.05, 3.63) is 27.8 Å². The number of hydrogen-bond donors (Lipinski definition) is 2. The van der Waals surface area contributed by atoms with Crippen LogP contribution in [0.5, 0.6) is 0 Å². The molecule has 0 saturated carbocycles. The standard InChI is InChI=1S/C10H10N2O2S/c1-6-3-9-7(2)8(4-11)5-12-10(9)15(6,13)14/h3,5,13-14H,1-2H3. The largest absolute Gasteiger partial charge is 0.289 e.